The van der Waals surface area contributed by atoms with Gasteiger partial charge in [0.25, 0.3) is 0 Å². The number of aromatic nitrogens is 1. The lowest BCUT2D eigenvalue weighted by Gasteiger charge is -2.36. The van der Waals surface area contributed by atoms with E-state index in [1.165, 1.54) is 5.69 Å². The first-order valence-electron chi connectivity index (χ1n) is 6.74. The highest BCUT2D eigenvalue weighted by molar-refractivity contribution is 5.53. The number of likely N-dealkylation sites (N-methyl/N-ethyl adjacent to an activating group) is 1. The largest absolute Gasteiger partial charge is 0.369 e. The van der Waals surface area contributed by atoms with Gasteiger partial charge in [0, 0.05) is 57.2 Å². The van der Waals surface area contributed by atoms with Crippen LogP contribution in [0.3, 0.4) is 0 Å². The Morgan fingerprint density at radius 3 is 2.68 bits per heavy atom. The lowest BCUT2D eigenvalue weighted by Crippen LogP contribution is -2.48. The molecule has 1 aromatic heterocycles. The fourth-order valence-electron chi connectivity index (χ4n) is 2.27. The van der Waals surface area contributed by atoms with Crippen LogP contribution in [0.5, 0.6) is 0 Å². The molecule has 19 heavy (non-hydrogen) atoms. The molecule has 0 atom stereocenters. The van der Waals surface area contributed by atoms with Crippen LogP contribution in [0, 0.1) is 0 Å². The molecule has 0 spiro atoms. The van der Waals surface area contributed by atoms with Crippen LogP contribution < -0.4 is 16.2 Å². The molecule has 0 bridgehead atoms. The van der Waals surface area contributed by atoms with Crippen molar-refractivity contribution in [3.63, 3.8) is 0 Å². The minimum absolute atomic E-state index is 0.715. The van der Waals surface area contributed by atoms with Crippen LogP contribution in [0.1, 0.15) is 0 Å². The molecule has 0 radical (unpaired) electrons. The number of hydrazine groups is 1. The second-order valence-corrected chi connectivity index (χ2v) is 5.18. The number of pyridine rings is 1. The molecule has 0 amide bonds. The molecule has 1 fully saturated rings. The summed E-state index contributed by atoms with van der Waals surface area (Å²) in [5, 5.41) is 0. The molecular weight excluding hydrogens is 240 g/mol. The van der Waals surface area contributed by atoms with Gasteiger partial charge in [0.05, 0.1) is 0 Å². The number of nitrogens with one attached hydrogen (secondary N) is 1. The normalized spacial score (nSPS) is 16.9. The zero-order valence-corrected chi connectivity index (χ0v) is 11.8. The maximum Gasteiger partial charge on any atom is 0.141 e. The van der Waals surface area contributed by atoms with Crippen LogP contribution in [0.15, 0.2) is 18.3 Å². The van der Waals surface area contributed by atoms with Gasteiger partial charge in [-0.3, -0.25) is 4.90 Å². The van der Waals surface area contributed by atoms with Gasteiger partial charge < -0.3 is 15.2 Å². The topological polar surface area (TPSA) is 60.7 Å². The van der Waals surface area contributed by atoms with Crippen molar-refractivity contribution in [2.24, 2.45) is 5.84 Å². The van der Waals surface area contributed by atoms with Gasteiger partial charge in [-0.15, -0.1) is 0 Å². The fraction of sp³-hybridized carbons (Fsp3) is 0.615. The summed E-state index contributed by atoms with van der Waals surface area (Å²) < 4.78 is 0. The maximum atomic E-state index is 5.39. The van der Waals surface area contributed by atoms with Crippen molar-refractivity contribution in [2.75, 3.05) is 63.7 Å². The monoisotopic (exact) mass is 264 g/mol. The van der Waals surface area contributed by atoms with E-state index in [2.05, 4.69) is 39.2 Å². The zero-order chi connectivity index (χ0) is 13.7. The minimum Gasteiger partial charge on any atom is -0.369 e. The predicted molar refractivity (Wildman–Crippen MR) is 79.3 cm³/mol. The lowest BCUT2D eigenvalue weighted by molar-refractivity contribution is 0.229. The van der Waals surface area contributed by atoms with Crippen LogP contribution in [0.4, 0.5) is 11.5 Å². The summed E-state index contributed by atoms with van der Waals surface area (Å²) in [5.74, 6) is 6.11. The van der Waals surface area contributed by atoms with Crippen LogP contribution in [0.25, 0.3) is 0 Å². The Morgan fingerprint density at radius 2 is 2.05 bits per heavy atom. The van der Waals surface area contributed by atoms with Gasteiger partial charge in [0.1, 0.15) is 5.82 Å². The van der Waals surface area contributed by atoms with Gasteiger partial charge in [-0.2, -0.15) is 0 Å². The molecule has 0 aromatic carbocycles. The van der Waals surface area contributed by atoms with Gasteiger partial charge in [0.15, 0.2) is 0 Å². The van der Waals surface area contributed by atoms with E-state index in [9.17, 15) is 0 Å². The van der Waals surface area contributed by atoms with E-state index in [4.69, 9.17) is 5.84 Å². The molecule has 2 heterocycles. The van der Waals surface area contributed by atoms with Crippen LogP contribution in [-0.2, 0) is 0 Å². The average molecular weight is 264 g/mol. The van der Waals surface area contributed by atoms with Gasteiger partial charge in [-0.05, 0) is 20.2 Å². The number of piperazine rings is 1. The third-order valence-electron chi connectivity index (χ3n) is 3.49. The van der Waals surface area contributed by atoms with E-state index < -0.39 is 0 Å². The van der Waals surface area contributed by atoms with Crippen molar-refractivity contribution in [2.45, 2.75) is 0 Å². The Labute approximate surface area is 115 Å². The lowest BCUT2D eigenvalue weighted by atomic mass is 10.2. The van der Waals surface area contributed by atoms with Crippen molar-refractivity contribution in [1.82, 2.24) is 14.8 Å². The Balaban J connectivity index is 1.85. The van der Waals surface area contributed by atoms with Crippen LogP contribution in [-0.4, -0.2) is 68.1 Å². The van der Waals surface area contributed by atoms with Crippen LogP contribution >= 0.6 is 0 Å². The summed E-state index contributed by atoms with van der Waals surface area (Å²) in [6.45, 7) is 6.61. The summed E-state index contributed by atoms with van der Waals surface area (Å²) in [4.78, 5) is 11.3. The molecule has 1 aliphatic heterocycles. The Bertz CT molecular complexity index is 386. The highest BCUT2D eigenvalue weighted by Gasteiger charge is 2.17. The minimum atomic E-state index is 0.715. The number of anilines is 2. The first-order chi connectivity index (χ1) is 9.19. The standard InChI is InChI=1S/C13H24N6/c1-17(2)5-6-18-7-9-19(10-8-18)12-3-4-15-13(11-12)16-14/h3-4,11H,5-10,14H2,1-2H3,(H,15,16). The van der Waals surface area contributed by atoms with Crippen molar-refractivity contribution < 1.29 is 0 Å². The number of nitrogens with zero attached hydrogens (tertiary/aromatic N) is 4. The molecule has 1 saturated heterocycles. The molecule has 6 heteroatoms. The zero-order valence-electron chi connectivity index (χ0n) is 11.8. The first kappa shape index (κ1) is 14.0. The Morgan fingerprint density at radius 1 is 1.32 bits per heavy atom. The van der Waals surface area contributed by atoms with E-state index in [0.717, 1.165) is 39.3 Å². The second-order valence-electron chi connectivity index (χ2n) is 5.18. The number of hydrogen-bond donors (Lipinski definition) is 2. The molecule has 106 valence electrons. The van der Waals surface area contributed by atoms with Gasteiger partial charge in [0.2, 0.25) is 0 Å². The third kappa shape index (κ3) is 4.05. The Hall–Kier alpha value is -1.37. The second kappa shape index (κ2) is 6.70. The summed E-state index contributed by atoms with van der Waals surface area (Å²) in [5.41, 5.74) is 3.78. The van der Waals surface area contributed by atoms with Crippen molar-refractivity contribution in [3.8, 4) is 0 Å². The molecule has 2 rings (SSSR count). The third-order valence-corrected chi connectivity index (χ3v) is 3.49. The Kier molecular flexibility index (Phi) is 4.95. The van der Waals surface area contributed by atoms with E-state index in [1.807, 2.05) is 12.1 Å². The predicted octanol–water partition coefficient (Wildman–Crippen LogP) is 0.0508. The number of nitrogens with two attached hydrogens (primary N) is 1. The average Bonchev–Trinajstić information content (AvgIpc) is 2.45. The van der Waals surface area contributed by atoms with Crippen molar-refractivity contribution in [3.05, 3.63) is 18.3 Å². The van der Waals surface area contributed by atoms with E-state index in [-0.39, 0.29) is 0 Å². The van der Waals surface area contributed by atoms with Gasteiger partial charge in [-0.25, -0.2) is 10.8 Å². The smallest absolute Gasteiger partial charge is 0.141 e. The van der Waals surface area contributed by atoms with E-state index in [0.29, 0.717) is 5.82 Å². The molecule has 1 aliphatic rings. The first-order valence-corrected chi connectivity index (χ1v) is 6.74. The number of nitrogen functional groups attached to an aromatic ring is 1. The van der Waals surface area contributed by atoms with E-state index >= 15 is 0 Å². The molecule has 1 aromatic rings. The quantitative estimate of drug-likeness (QED) is 0.579. The summed E-state index contributed by atoms with van der Waals surface area (Å²) in [7, 11) is 4.24. The number of hydrogen-bond acceptors (Lipinski definition) is 6. The van der Waals surface area contributed by atoms with Crippen molar-refractivity contribution in [1.29, 1.82) is 0 Å². The highest BCUT2D eigenvalue weighted by Crippen LogP contribution is 2.18. The summed E-state index contributed by atoms with van der Waals surface area (Å²) >= 11 is 0. The summed E-state index contributed by atoms with van der Waals surface area (Å²) in [6.07, 6.45) is 1.79. The van der Waals surface area contributed by atoms with Crippen molar-refractivity contribution >= 4 is 11.5 Å². The fourth-order valence-corrected chi connectivity index (χ4v) is 2.27. The summed E-state index contributed by atoms with van der Waals surface area (Å²) in [6, 6.07) is 4.03. The molecule has 0 unspecified atom stereocenters. The SMILES string of the molecule is CN(C)CCN1CCN(c2ccnc(NN)c2)CC1. The highest BCUT2D eigenvalue weighted by atomic mass is 15.3. The molecule has 3 N–H and O–H groups in total. The maximum absolute atomic E-state index is 5.39. The molecular formula is C13H24N6. The van der Waals surface area contributed by atoms with Gasteiger partial charge in [-0.1, -0.05) is 0 Å². The van der Waals surface area contributed by atoms with Gasteiger partial charge >= 0.3 is 0 Å². The van der Waals surface area contributed by atoms with E-state index in [1.54, 1.807) is 6.20 Å². The molecule has 0 aliphatic carbocycles. The molecule has 6 nitrogen and oxygen atoms in total. The molecule has 0 saturated carbocycles. The number of rotatable bonds is 5. The van der Waals surface area contributed by atoms with Crippen LogP contribution in [0.2, 0.25) is 0 Å².